The Morgan fingerprint density at radius 2 is 2.14 bits per heavy atom. The molecule has 4 aliphatic carbocycles. The lowest BCUT2D eigenvalue weighted by Gasteiger charge is -2.53. The average molecular weight is 286 g/mol. The second kappa shape index (κ2) is 4.55. The highest BCUT2D eigenvalue weighted by atomic mass is 16.3. The van der Waals surface area contributed by atoms with E-state index in [1.165, 1.54) is 31.3 Å². The van der Waals surface area contributed by atoms with E-state index in [4.69, 9.17) is 0 Å². The third kappa shape index (κ3) is 1.91. The fraction of sp³-hybridized carbons (Fsp3) is 0.737. The van der Waals surface area contributed by atoms with E-state index < -0.39 is 6.10 Å². The van der Waals surface area contributed by atoms with Crippen LogP contribution < -0.4 is 0 Å². The maximum Gasteiger partial charge on any atom is 0.184 e. The number of hydrogen-bond acceptors (Lipinski definition) is 2. The zero-order valence-corrected chi connectivity index (χ0v) is 13.1. The van der Waals surface area contributed by atoms with Crippen LogP contribution in [0.5, 0.6) is 0 Å². The van der Waals surface area contributed by atoms with E-state index >= 15 is 0 Å². The number of aliphatic hydroxyl groups excluding tert-OH is 1. The molecule has 0 radical (unpaired) electrons. The summed E-state index contributed by atoms with van der Waals surface area (Å²) in [6.45, 7) is 4.83. The van der Waals surface area contributed by atoms with Gasteiger partial charge in [0, 0.05) is 0 Å². The molecule has 0 aromatic carbocycles. The van der Waals surface area contributed by atoms with E-state index in [0.717, 1.165) is 6.42 Å². The van der Waals surface area contributed by atoms with E-state index in [9.17, 15) is 9.90 Å². The monoisotopic (exact) mass is 286 g/mol. The standard InChI is InChI=1S/C19H26O2/c1-11-8-12-9-16(20)17(21)10-14(12)13-5-7-19(2)6-3-4-15(19)18(11)13/h4,9,11,13-14,17-18,21H,3,5-8,10H2,1-2H3/t11?,13-,14+,17?,18-,19+/m1/s1. The molecule has 2 nitrogen and oxygen atoms in total. The van der Waals surface area contributed by atoms with Crippen molar-refractivity contribution in [2.45, 2.75) is 58.5 Å². The highest BCUT2D eigenvalue weighted by Gasteiger charge is 2.51. The summed E-state index contributed by atoms with van der Waals surface area (Å²) < 4.78 is 0. The van der Waals surface area contributed by atoms with Gasteiger partial charge in [-0.15, -0.1) is 0 Å². The van der Waals surface area contributed by atoms with Crippen LogP contribution in [0.2, 0.25) is 0 Å². The first-order valence-electron chi connectivity index (χ1n) is 8.62. The molecule has 0 heterocycles. The maximum atomic E-state index is 11.8. The molecule has 114 valence electrons. The van der Waals surface area contributed by atoms with Crippen LogP contribution in [0.1, 0.15) is 52.4 Å². The quantitative estimate of drug-likeness (QED) is 0.690. The predicted molar refractivity (Wildman–Crippen MR) is 82.6 cm³/mol. The first-order valence-corrected chi connectivity index (χ1v) is 8.62. The highest BCUT2D eigenvalue weighted by Crippen LogP contribution is 2.60. The van der Waals surface area contributed by atoms with Gasteiger partial charge in [-0.3, -0.25) is 4.79 Å². The van der Waals surface area contributed by atoms with Crippen molar-refractivity contribution in [1.29, 1.82) is 0 Å². The zero-order valence-electron chi connectivity index (χ0n) is 13.1. The summed E-state index contributed by atoms with van der Waals surface area (Å²) >= 11 is 0. The van der Waals surface area contributed by atoms with Crippen molar-refractivity contribution in [3.63, 3.8) is 0 Å². The molecule has 4 aliphatic rings. The van der Waals surface area contributed by atoms with Crippen LogP contribution in [0.3, 0.4) is 0 Å². The molecule has 0 bridgehead atoms. The number of carbonyl (C=O) groups excluding carboxylic acids is 1. The van der Waals surface area contributed by atoms with Crippen molar-refractivity contribution < 1.29 is 9.90 Å². The second-order valence-electron chi connectivity index (χ2n) is 8.15. The number of fused-ring (bicyclic) bond motifs is 5. The Kier molecular flexibility index (Phi) is 2.98. The normalized spacial score (nSPS) is 48.9. The molecule has 2 heteroatoms. The van der Waals surface area contributed by atoms with E-state index in [-0.39, 0.29) is 5.78 Å². The Balaban J connectivity index is 1.72. The lowest BCUT2D eigenvalue weighted by molar-refractivity contribution is -0.124. The smallest absolute Gasteiger partial charge is 0.184 e. The van der Waals surface area contributed by atoms with Crippen LogP contribution in [-0.2, 0) is 4.79 Å². The summed E-state index contributed by atoms with van der Waals surface area (Å²) in [6, 6.07) is 0. The van der Waals surface area contributed by atoms with Crippen molar-refractivity contribution in [1.82, 2.24) is 0 Å². The van der Waals surface area contributed by atoms with Gasteiger partial charge < -0.3 is 5.11 Å². The SMILES string of the molecule is CC1CC2=CC(=O)C(O)C[C@@H]2[C@H]2CC[C@]3(C)CCC=C3[C@H]12. The summed E-state index contributed by atoms with van der Waals surface area (Å²) in [5, 5.41) is 10.0. The summed E-state index contributed by atoms with van der Waals surface area (Å²) in [6.07, 6.45) is 10.4. The maximum absolute atomic E-state index is 11.8. The third-order valence-electron chi connectivity index (χ3n) is 6.90. The van der Waals surface area contributed by atoms with Gasteiger partial charge in [0.05, 0.1) is 0 Å². The van der Waals surface area contributed by atoms with Gasteiger partial charge in [-0.2, -0.15) is 0 Å². The Hall–Kier alpha value is -0.890. The van der Waals surface area contributed by atoms with Crippen LogP contribution in [0.25, 0.3) is 0 Å². The zero-order chi connectivity index (χ0) is 14.8. The van der Waals surface area contributed by atoms with Gasteiger partial charge in [0.2, 0.25) is 0 Å². The van der Waals surface area contributed by atoms with Crippen molar-refractivity contribution >= 4 is 5.78 Å². The Bertz CT molecular complexity index is 544. The van der Waals surface area contributed by atoms with Crippen LogP contribution >= 0.6 is 0 Å². The number of rotatable bonds is 0. The average Bonchev–Trinajstić information content (AvgIpc) is 2.82. The molecule has 2 saturated carbocycles. The van der Waals surface area contributed by atoms with E-state index in [1.54, 1.807) is 11.6 Å². The minimum atomic E-state index is -0.751. The van der Waals surface area contributed by atoms with Gasteiger partial charge in [0.1, 0.15) is 6.10 Å². The summed E-state index contributed by atoms with van der Waals surface area (Å²) in [7, 11) is 0. The molecule has 6 atom stereocenters. The van der Waals surface area contributed by atoms with Gasteiger partial charge in [-0.1, -0.05) is 31.1 Å². The topological polar surface area (TPSA) is 37.3 Å². The highest BCUT2D eigenvalue weighted by molar-refractivity contribution is 5.95. The number of allylic oxidation sites excluding steroid dienone is 3. The molecule has 2 unspecified atom stereocenters. The predicted octanol–water partition coefficient (Wildman–Crippen LogP) is 3.66. The van der Waals surface area contributed by atoms with Crippen molar-refractivity contribution in [3.05, 3.63) is 23.3 Å². The fourth-order valence-electron chi connectivity index (χ4n) is 5.87. The molecule has 0 spiro atoms. The first kappa shape index (κ1) is 13.8. The summed E-state index contributed by atoms with van der Waals surface area (Å²) in [5.74, 6) is 2.37. The van der Waals surface area contributed by atoms with Crippen molar-refractivity contribution in [3.8, 4) is 0 Å². The van der Waals surface area contributed by atoms with E-state index in [2.05, 4.69) is 19.9 Å². The fourth-order valence-corrected chi connectivity index (χ4v) is 5.87. The van der Waals surface area contributed by atoms with Crippen molar-refractivity contribution in [2.24, 2.45) is 29.1 Å². The third-order valence-corrected chi connectivity index (χ3v) is 6.90. The Labute approximate surface area is 127 Å². The lowest BCUT2D eigenvalue weighted by Crippen LogP contribution is -2.46. The summed E-state index contributed by atoms with van der Waals surface area (Å²) in [4.78, 5) is 11.8. The molecule has 0 saturated heterocycles. The van der Waals surface area contributed by atoms with Gasteiger partial charge in [0.25, 0.3) is 0 Å². The van der Waals surface area contributed by atoms with E-state index in [1.807, 2.05) is 0 Å². The molecule has 0 aromatic rings. The molecular formula is C19H26O2. The number of ketones is 1. The van der Waals surface area contributed by atoms with Crippen LogP contribution in [0.4, 0.5) is 0 Å². The number of aliphatic hydroxyl groups is 1. The van der Waals surface area contributed by atoms with E-state index in [0.29, 0.717) is 35.5 Å². The molecular weight excluding hydrogens is 260 g/mol. The largest absolute Gasteiger partial charge is 0.385 e. The second-order valence-corrected chi connectivity index (χ2v) is 8.15. The van der Waals surface area contributed by atoms with Gasteiger partial charge in [0.15, 0.2) is 5.78 Å². The van der Waals surface area contributed by atoms with Crippen LogP contribution in [-0.4, -0.2) is 17.0 Å². The minimum absolute atomic E-state index is 0.0624. The molecule has 1 N–H and O–H groups in total. The molecule has 0 aliphatic heterocycles. The molecule has 0 aromatic heterocycles. The number of hydrogen-bond donors (Lipinski definition) is 1. The Morgan fingerprint density at radius 3 is 2.95 bits per heavy atom. The number of carbonyl (C=O) groups is 1. The first-order chi connectivity index (χ1) is 9.99. The van der Waals surface area contributed by atoms with Crippen molar-refractivity contribution in [2.75, 3.05) is 0 Å². The molecule has 2 fully saturated rings. The lowest BCUT2D eigenvalue weighted by atomic mass is 9.52. The summed E-state index contributed by atoms with van der Waals surface area (Å²) in [5.41, 5.74) is 3.50. The molecule has 21 heavy (non-hydrogen) atoms. The molecule has 4 rings (SSSR count). The Morgan fingerprint density at radius 1 is 1.33 bits per heavy atom. The van der Waals surface area contributed by atoms with Gasteiger partial charge in [-0.25, -0.2) is 0 Å². The molecule has 0 amide bonds. The minimum Gasteiger partial charge on any atom is -0.385 e. The van der Waals surface area contributed by atoms with Gasteiger partial charge in [-0.05, 0) is 73.7 Å². The van der Waals surface area contributed by atoms with Gasteiger partial charge >= 0.3 is 0 Å². The van der Waals surface area contributed by atoms with Crippen LogP contribution in [0, 0.1) is 29.1 Å². The van der Waals surface area contributed by atoms with Crippen LogP contribution in [0.15, 0.2) is 23.3 Å².